The van der Waals surface area contributed by atoms with Crippen LogP contribution in [0.15, 0.2) is 40.1 Å². The molecule has 8 heteroatoms. The number of hydrogen-bond acceptors (Lipinski definition) is 5. The summed E-state index contributed by atoms with van der Waals surface area (Å²) >= 11 is 0. The fourth-order valence-corrected chi connectivity index (χ4v) is 2.90. The molecule has 3 rings (SSSR count). The second-order valence-corrected chi connectivity index (χ2v) is 6.36. The van der Waals surface area contributed by atoms with E-state index in [1.54, 1.807) is 0 Å². The predicted octanol–water partition coefficient (Wildman–Crippen LogP) is 1.27. The Labute approximate surface area is 155 Å². The molecule has 140 valence electrons. The van der Waals surface area contributed by atoms with Gasteiger partial charge in [0.25, 0.3) is 11.5 Å². The number of aromatic nitrogens is 3. The van der Waals surface area contributed by atoms with E-state index in [1.165, 1.54) is 30.9 Å². The van der Waals surface area contributed by atoms with Crippen molar-refractivity contribution >= 4 is 22.6 Å². The maximum absolute atomic E-state index is 12.3. The van der Waals surface area contributed by atoms with Gasteiger partial charge in [0.1, 0.15) is 11.4 Å². The number of rotatable bonds is 4. The molecular formula is C19H20N4O4. The van der Waals surface area contributed by atoms with Crippen LogP contribution in [0.2, 0.25) is 0 Å². The molecule has 27 heavy (non-hydrogen) atoms. The van der Waals surface area contributed by atoms with Crippen molar-refractivity contribution in [3.8, 4) is 5.75 Å². The molecule has 0 fully saturated rings. The maximum atomic E-state index is 12.3. The molecule has 2 heterocycles. The van der Waals surface area contributed by atoms with Crippen molar-refractivity contribution in [2.75, 3.05) is 11.9 Å². The maximum Gasteiger partial charge on any atom is 0.332 e. The van der Waals surface area contributed by atoms with Gasteiger partial charge in [-0.15, -0.1) is 0 Å². The number of para-hydroxylation sites is 1. The van der Waals surface area contributed by atoms with Gasteiger partial charge in [-0.25, -0.2) is 9.78 Å². The standard InChI is InChI=1S/C19H20N4O4/c1-11-6-5-7-12(2)16(11)27-10-15(24)21-13-8-14-17(20-9-13)22(3)19(26)23(4)18(14)25/h5-9H,10H2,1-4H3,(H,21,24). The molecule has 0 unspecified atom stereocenters. The lowest BCUT2D eigenvalue weighted by atomic mass is 10.1. The molecule has 0 bridgehead atoms. The lowest BCUT2D eigenvalue weighted by Crippen LogP contribution is -2.37. The van der Waals surface area contributed by atoms with E-state index in [4.69, 9.17) is 4.74 Å². The Morgan fingerprint density at radius 1 is 1.15 bits per heavy atom. The van der Waals surface area contributed by atoms with Crippen molar-refractivity contribution in [2.24, 2.45) is 14.1 Å². The Kier molecular flexibility index (Phi) is 4.81. The fraction of sp³-hybridized carbons (Fsp3) is 0.263. The van der Waals surface area contributed by atoms with Crippen LogP contribution in [0.1, 0.15) is 11.1 Å². The van der Waals surface area contributed by atoms with Crippen LogP contribution in [-0.2, 0) is 18.9 Å². The number of benzene rings is 1. The first-order valence-corrected chi connectivity index (χ1v) is 8.34. The normalized spacial score (nSPS) is 10.8. The van der Waals surface area contributed by atoms with Gasteiger partial charge in [0.2, 0.25) is 0 Å². The van der Waals surface area contributed by atoms with Gasteiger partial charge in [-0.05, 0) is 31.0 Å². The second-order valence-electron chi connectivity index (χ2n) is 6.36. The van der Waals surface area contributed by atoms with E-state index < -0.39 is 11.2 Å². The third-order valence-corrected chi connectivity index (χ3v) is 4.33. The lowest BCUT2D eigenvalue weighted by molar-refractivity contribution is -0.118. The molecule has 1 aromatic carbocycles. The molecule has 0 aliphatic rings. The number of hydrogen-bond donors (Lipinski definition) is 1. The number of fused-ring (bicyclic) bond motifs is 1. The summed E-state index contributed by atoms with van der Waals surface area (Å²) in [5, 5.41) is 2.91. The van der Waals surface area contributed by atoms with E-state index in [0.717, 1.165) is 15.7 Å². The minimum absolute atomic E-state index is 0.172. The molecule has 2 aromatic heterocycles. The zero-order valence-electron chi connectivity index (χ0n) is 15.6. The van der Waals surface area contributed by atoms with Crippen molar-refractivity contribution in [1.29, 1.82) is 0 Å². The highest BCUT2D eigenvalue weighted by Crippen LogP contribution is 2.22. The topological polar surface area (TPSA) is 95.2 Å². The minimum atomic E-state index is -0.469. The van der Waals surface area contributed by atoms with Gasteiger partial charge in [-0.1, -0.05) is 18.2 Å². The largest absolute Gasteiger partial charge is 0.483 e. The van der Waals surface area contributed by atoms with E-state index in [0.29, 0.717) is 11.4 Å². The number of anilines is 1. The quantitative estimate of drug-likeness (QED) is 0.748. The Bertz CT molecular complexity index is 1140. The predicted molar refractivity (Wildman–Crippen MR) is 102 cm³/mol. The van der Waals surface area contributed by atoms with Gasteiger partial charge in [0.15, 0.2) is 6.61 Å². The highest BCUT2D eigenvalue weighted by molar-refractivity contribution is 5.93. The van der Waals surface area contributed by atoms with Crippen molar-refractivity contribution in [3.05, 3.63) is 62.4 Å². The summed E-state index contributed by atoms with van der Waals surface area (Å²) in [7, 11) is 2.93. The van der Waals surface area contributed by atoms with Gasteiger partial charge in [-0.3, -0.25) is 18.7 Å². The molecular weight excluding hydrogens is 348 g/mol. The van der Waals surface area contributed by atoms with Crippen LogP contribution in [0.5, 0.6) is 5.75 Å². The number of ether oxygens (including phenoxy) is 1. The average molecular weight is 368 g/mol. The van der Waals surface area contributed by atoms with Crippen LogP contribution in [0.25, 0.3) is 11.0 Å². The SMILES string of the molecule is Cc1cccc(C)c1OCC(=O)Nc1cnc2c(c1)c(=O)n(C)c(=O)n2C. The lowest BCUT2D eigenvalue weighted by Gasteiger charge is -2.12. The van der Waals surface area contributed by atoms with E-state index in [-0.39, 0.29) is 23.5 Å². The van der Waals surface area contributed by atoms with Crippen molar-refractivity contribution in [1.82, 2.24) is 14.1 Å². The first kappa shape index (κ1) is 18.4. The molecule has 0 atom stereocenters. The first-order valence-electron chi connectivity index (χ1n) is 8.34. The molecule has 3 aromatic rings. The van der Waals surface area contributed by atoms with Crippen LogP contribution in [0.4, 0.5) is 5.69 Å². The number of amides is 1. The van der Waals surface area contributed by atoms with Gasteiger partial charge in [0.05, 0.1) is 17.3 Å². The summed E-state index contributed by atoms with van der Waals surface area (Å²) in [5.74, 6) is 0.300. The number of nitrogens with one attached hydrogen (secondary N) is 1. The van der Waals surface area contributed by atoms with Crippen molar-refractivity contribution in [3.63, 3.8) is 0 Å². The molecule has 0 aliphatic carbocycles. The van der Waals surface area contributed by atoms with Gasteiger partial charge >= 0.3 is 5.69 Å². The number of carbonyl (C=O) groups is 1. The number of carbonyl (C=O) groups excluding carboxylic acids is 1. The summed E-state index contributed by atoms with van der Waals surface area (Å²) in [5.41, 5.74) is 1.57. The molecule has 0 aliphatic heterocycles. The van der Waals surface area contributed by atoms with E-state index in [1.807, 2.05) is 32.0 Å². The van der Waals surface area contributed by atoms with Gasteiger partial charge in [0, 0.05) is 14.1 Å². The molecule has 0 radical (unpaired) electrons. The summed E-state index contributed by atoms with van der Waals surface area (Å²) in [6.07, 6.45) is 1.40. The monoisotopic (exact) mass is 368 g/mol. The first-order chi connectivity index (χ1) is 12.8. The van der Waals surface area contributed by atoms with Crippen LogP contribution in [0.3, 0.4) is 0 Å². The Morgan fingerprint density at radius 3 is 2.48 bits per heavy atom. The van der Waals surface area contributed by atoms with Crippen LogP contribution in [0, 0.1) is 13.8 Å². The smallest absolute Gasteiger partial charge is 0.332 e. The highest BCUT2D eigenvalue weighted by atomic mass is 16.5. The molecule has 0 saturated carbocycles. The van der Waals surface area contributed by atoms with E-state index in [9.17, 15) is 14.4 Å². The number of aryl methyl sites for hydroxylation is 3. The number of pyridine rings is 1. The Balaban J connectivity index is 1.81. The molecule has 1 amide bonds. The van der Waals surface area contributed by atoms with Gasteiger partial charge < -0.3 is 10.1 Å². The highest BCUT2D eigenvalue weighted by Gasteiger charge is 2.12. The summed E-state index contributed by atoms with van der Waals surface area (Å²) in [6.45, 7) is 3.65. The zero-order valence-corrected chi connectivity index (χ0v) is 15.6. The third kappa shape index (κ3) is 3.46. The fourth-order valence-electron chi connectivity index (χ4n) is 2.90. The van der Waals surface area contributed by atoms with E-state index in [2.05, 4.69) is 10.3 Å². The minimum Gasteiger partial charge on any atom is -0.483 e. The molecule has 0 saturated heterocycles. The molecule has 8 nitrogen and oxygen atoms in total. The summed E-state index contributed by atoms with van der Waals surface area (Å²) in [6, 6.07) is 7.24. The van der Waals surface area contributed by atoms with Crippen molar-refractivity contribution in [2.45, 2.75) is 13.8 Å². The number of nitrogens with zero attached hydrogens (tertiary/aromatic N) is 3. The third-order valence-electron chi connectivity index (χ3n) is 4.33. The summed E-state index contributed by atoms with van der Waals surface area (Å²) in [4.78, 5) is 40.6. The summed E-state index contributed by atoms with van der Waals surface area (Å²) < 4.78 is 7.91. The van der Waals surface area contributed by atoms with Crippen molar-refractivity contribution < 1.29 is 9.53 Å². The Hall–Kier alpha value is -3.42. The molecule has 1 N–H and O–H groups in total. The van der Waals surface area contributed by atoms with Crippen LogP contribution in [-0.4, -0.2) is 26.6 Å². The van der Waals surface area contributed by atoms with Crippen LogP contribution >= 0.6 is 0 Å². The molecule has 0 spiro atoms. The Morgan fingerprint density at radius 2 is 1.81 bits per heavy atom. The average Bonchev–Trinajstić information content (AvgIpc) is 2.64. The van der Waals surface area contributed by atoms with E-state index >= 15 is 0 Å². The van der Waals surface area contributed by atoms with Gasteiger partial charge in [-0.2, -0.15) is 0 Å². The van der Waals surface area contributed by atoms with Crippen LogP contribution < -0.4 is 21.3 Å². The zero-order chi connectivity index (χ0) is 19.7. The second kappa shape index (κ2) is 7.06.